The third-order valence-electron chi connectivity index (χ3n) is 3.63. The van der Waals surface area contributed by atoms with Crippen LogP contribution in [0.3, 0.4) is 0 Å². The van der Waals surface area contributed by atoms with Crippen molar-refractivity contribution in [3.8, 4) is 11.4 Å². The molecular weight excluding hydrogens is 304 g/mol. The number of nitrogens with zero attached hydrogens (tertiary/aromatic N) is 5. The highest BCUT2D eigenvalue weighted by molar-refractivity contribution is 5.52. The standard InChI is InChI=1S/C17H20N6O/c1-12(19-10-13-4-5-15(20-11-13)23(2)3)17-21-16(22-24-17)14-6-8-18-9-7-14/h4-9,11-12,19H,10H2,1-3H3. The van der Waals surface area contributed by atoms with Crippen LogP contribution in [0, 0.1) is 0 Å². The number of aromatic nitrogens is 4. The van der Waals surface area contributed by atoms with Crippen molar-refractivity contribution in [1.82, 2.24) is 25.4 Å². The van der Waals surface area contributed by atoms with Crippen LogP contribution in [0.1, 0.15) is 24.4 Å². The van der Waals surface area contributed by atoms with Gasteiger partial charge in [0.05, 0.1) is 6.04 Å². The van der Waals surface area contributed by atoms with Gasteiger partial charge in [0.25, 0.3) is 0 Å². The number of hydrogen-bond donors (Lipinski definition) is 1. The van der Waals surface area contributed by atoms with Crippen molar-refractivity contribution in [2.45, 2.75) is 19.5 Å². The van der Waals surface area contributed by atoms with Crippen LogP contribution in [0.15, 0.2) is 47.4 Å². The van der Waals surface area contributed by atoms with Crippen LogP contribution in [0.25, 0.3) is 11.4 Å². The van der Waals surface area contributed by atoms with Gasteiger partial charge in [0, 0.05) is 44.8 Å². The second-order valence-electron chi connectivity index (χ2n) is 5.71. The van der Waals surface area contributed by atoms with E-state index in [0.29, 0.717) is 18.3 Å². The molecule has 24 heavy (non-hydrogen) atoms. The van der Waals surface area contributed by atoms with E-state index in [2.05, 4.69) is 31.5 Å². The molecule has 0 aromatic carbocycles. The van der Waals surface area contributed by atoms with Crippen molar-refractivity contribution in [2.24, 2.45) is 0 Å². The van der Waals surface area contributed by atoms with Crippen molar-refractivity contribution in [2.75, 3.05) is 19.0 Å². The summed E-state index contributed by atoms with van der Waals surface area (Å²) < 4.78 is 5.35. The van der Waals surface area contributed by atoms with Gasteiger partial charge in [-0.05, 0) is 30.7 Å². The van der Waals surface area contributed by atoms with Crippen molar-refractivity contribution in [3.63, 3.8) is 0 Å². The molecule has 0 bridgehead atoms. The molecule has 1 atom stereocenters. The molecule has 0 fully saturated rings. The highest BCUT2D eigenvalue weighted by atomic mass is 16.5. The van der Waals surface area contributed by atoms with Gasteiger partial charge in [-0.25, -0.2) is 4.98 Å². The molecule has 1 N–H and O–H groups in total. The maximum Gasteiger partial charge on any atom is 0.243 e. The Bertz CT molecular complexity index is 769. The summed E-state index contributed by atoms with van der Waals surface area (Å²) in [5.41, 5.74) is 1.98. The Balaban J connectivity index is 1.61. The lowest BCUT2D eigenvalue weighted by molar-refractivity contribution is 0.339. The predicted molar refractivity (Wildman–Crippen MR) is 91.3 cm³/mol. The average Bonchev–Trinajstić information content (AvgIpc) is 3.11. The van der Waals surface area contributed by atoms with E-state index in [-0.39, 0.29) is 6.04 Å². The summed E-state index contributed by atoms with van der Waals surface area (Å²) in [4.78, 5) is 14.8. The van der Waals surface area contributed by atoms with Crippen LogP contribution in [0.5, 0.6) is 0 Å². The second kappa shape index (κ2) is 7.18. The lowest BCUT2D eigenvalue weighted by Gasteiger charge is -2.12. The van der Waals surface area contributed by atoms with E-state index in [1.54, 1.807) is 12.4 Å². The van der Waals surface area contributed by atoms with Gasteiger partial charge in [-0.1, -0.05) is 11.2 Å². The molecule has 7 nitrogen and oxygen atoms in total. The summed E-state index contributed by atoms with van der Waals surface area (Å²) in [5.74, 6) is 2.06. The Kier molecular flexibility index (Phi) is 4.81. The van der Waals surface area contributed by atoms with Gasteiger partial charge < -0.3 is 14.7 Å². The zero-order chi connectivity index (χ0) is 16.9. The number of rotatable bonds is 6. The van der Waals surface area contributed by atoms with Crippen molar-refractivity contribution < 1.29 is 4.52 Å². The Hall–Kier alpha value is -2.80. The van der Waals surface area contributed by atoms with Crippen LogP contribution in [0.4, 0.5) is 5.82 Å². The van der Waals surface area contributed by atoms with Gasteiger partial charge in [-0.2, -0.15) is 4.98 Å². The smallest absolute Gasteiger partial charge is 0.243 e. The van der Waals surface area contributed by atoms with E-state index in [0.717, 1.165) is 16.9 Å². The Morgan fingerprint density at radius 2 is 1.96 bits per heavy atom. The maximum atomic E-state index is 5.35. The highest BCUT2D eigenvalue weighted by Crippen LogP contribution is 2.18. The van der Waals surface area contributed by atoms with E-state index in [1.807, 2.05) is 50.3 Å². The molecule has 0 saturated heterocycles. The van der Waals surface area contributed by atoms with E-state index in [1.165, 1.54) is 0 Å². The van der Waals surface area contributed by atoms with E-state index >= 15 is 0 Å². The molecule has 0 aliphatic heterocycles. The zero-order valence-corrected chi connectivity index (χ0v) is 14.0. The largest absolute Gasteiger partial charge is 0.363 e. The summed E-state index contributed by atoms with van der Waals surface area (Å²) in [5, 5.41) is 7.39. The molecule has 0 aliphatic rings. The van der Waals surface area contributed by atoms with Gasteiger partial charge in [0.15, 0.2) is 0 Å². The first-order valence-electron chi connectivity index (χ1n) is 7.73. The topological polar surface area (TPSA) is 80.0 Å². The van der Waals surface area contributed by atoms with Crippen molar-refractivity contribution >= 4 is 5.82 Å². The number of nitrogens with one attached hydrogen (secondary N) is 1. The molecule has 7 heteroatoms. The first-order chi connectivity index (χ1) is 11.6. The predicted octanol–water partition coefficient (Wildman–Crippen LogP) is 2.44. The molecule has 0 saturated carbocycles. The molecule has 0 amide bonds. The minimum Gasteiger partial charge on any atom is -0.363 e. The molecule has 124 valence electrons. The molecule has 3 heterocycles. The third kappa shape index (κ3) is 3.75. The summed E-state index contributed by atoms with van der Waals surface area (Å²) in [6.07, 6.45) is 5.28. The Labute approximate surface area is 140 Å². The molecule has 3 rings (SSSR count). The summed E-state index contributed by atoms with van der Waals surface area (Å²) in [6.45, 7) is 2.67. The Morgan fingerprint density at radius 3 is 2.62 bits per heavy atom. The monoisotopic (exact) mass is 324 g/mol. The first-order valence-corrected chi connectivity index (χ1v) is 7.73. The fraction of sp³-hybridized carbons (Fsp3) is 0.294. The summed E-state index contributed by atoms with van der Waals surface area (Å²) in [6, 6.07) is 7.70. The molecule has 0 spiro atoms. The molecular formula is C17H20N6O. The van der Waals surface area contributed by atoms with Crippen LogP contribution in [-0.2, 0) is 6.54 Å². The lowest BCUT2D eigenvalue weighted by atomic mass is 10.2. The fourth-order valence-corrected chi connectivity index (χ4v) is 2.17. The van der Waals surface area contributed by atoms with Crippen LogP contribution in [-0.4, -0.2) is 34.2 Å². The SMILES string of the molecule is CC(NCc1ccc(N(C)C)nc1)c1nc(-c2ccncc2)no1. The van der Waals surface area contributed by atoms with Gasteiger partial charge in [0.1, 0.15) is 5.82 Å². The van der Waals surface area contributed by atoms with Gasteiger partial charge >= 0.3 is 0 Å². The molecule has 0 radical (unpaired) electrons. The molecule has 1 unspecified atom stereocenters. The van der Waals surface area contributed by atoms with Crippen molar-refractivity contribution in [3.05, 3.63) is 54.3 Å². The van der Waals surface area contributed by atoms with Gasteiger partial charge in [0.2, 0.25) is 11.7 Å². The van der Waals surface area contributed by atoms with E-state index in [4.69, 9.17) is 4.52 Å². The van der Waals surface area contributed by atoms with Gasteiger partial charge in [-0.15, -0.1) is 0 Å². The Morgan fingerprint density at radius 1 is 1.17 bits per heavy atom. The second-order valence-corrected chi connectivity index (χ2v) is 5.71. The molecule has 3 aromatic rings. The molecule has 3 aromatic heterocycles. The minimum absolute atomic E-state index is 0.0541. The highest BCUT2D eigenvalue weighted by Gasteiger charge is 2.14. The van der Waals surface area contributed by atoms with E-state index in [9.17, 15) is 0 Å². The molecule has 0 aliphatic carbocycles. The van der Waals surface area contributed by atoms with Crippen LogP contribution < -0.4 is 10.2 Å². The van der Waals surface area contributed by atoms with Crippen LogP contribution >= 0.6 is 0 Å². The van der Waals surface area contributed by atoms with E-state index < -0.39 is 0 Å². The average molecular weight is 324 g/mol. The van der Waals surface area contributed by atoms with Gasteiger partial charge in [-0.3, -0.25) is 4.98 Å². The van der Waals surface area contributed by atoms with Crippen molar-refractivity contribution in [1.29, 1.82) is 0 Å². The lowest BCUT2D eigenvalue weighted by Crippen LogP contribution is -2.18. The van der Waals surface area contributed by atoms with Crippen LogP contribution in [0.2, 0.25) is 0 Å². The number of hydrogen-bond acceptors (Lipinski definition) is 7. The fourth-order valence-electron chi connectivity index (χ4n) is 2.17. The number of pyridine rings is 2. The minimum atomic E-state index is -0.0541. The maximum absolute atomic E-state index is 5.35. The summed E-state index contributed by atoms with van der Waals surface area (Å²) in [7, 11) is 3.94. The quantitative estimate of drug-likeness (QED) is 0.746. The zero-order valence-electron chi connectivity index (χ0n) is 14.0. The third-order valence-corrected chi connectivity index (χ3v) is 3.63. The normalized spacial score (nSPS) is 12.1. The number of anilines is 1. The first kappa shape index (κ1) is 16.1. The summed E-state index contributed by atoms with van der Waals surface area (Å²) >= 11 is 0.